The lowest BCUT2D eigenvalue weighted by Crippen LogP contribution is -2.10. The van der Waals surface area contributed by atoms with Gasteiger partial charge in [0.15, 0.2) is 17.2 Å². The Morgan fingerprint density at radius 3 is 2.53 bits per heavy atom. The largest absolute Gasteiger partial charge is 0.451 e. The van der Waals surface area contributed by atoms with Gasteiger partial charge in [0.25, 0.3) is 5.91 Å². The van der Waals surface area contributed by atoms with Crippen LogP contribution in [0.3, 0.4) is 0 Å². The number of fused-ring (bicyclic) bond motifs is 1. The fourth-order valence-electron chi connectivity index (χ4n) is 3.35. The standard InChI is InChI=1S/C25H16Cl2N2O3/c26-17-6-4-15(5-7-17)12-24-29-20-14-19(8-9-22(20)32-24)28-25(30)23-11-10-21(31-23)16-2-1-3-18(27)13-16/h1-11,13-14H,12H2,(H,28,30). The Balaban J connectivity index is 1.32. The Kier molecular flexibility index (Phi) is 5.43. The van der Waals surface area contributed by atoms with Crippen molar-refractivity contribution >= 4 is 45.9 Å². The maximum Gasteiger partial charge on any atom is 0.291 e. The molecule has 158 valence electrons. The summed E-state index contributed by atoms with van der Waals surface area (Å²) in [4.78, 5) is 17.2. The number of carbonyl (C=O) groups excluding carboxylic acids is 1. The summed E-state index contributed by atoms with van der Waals surface area (Å²) in [6.45, 7) is 0. The second-order valence-electron chi connectivity index (χ2n) is 7.22. The van der Waals surface area contributed by atoms with Crippen LogP contribution in [0.25, 0.3) is 22.4 Å². The van der Waals surface area contributed by atoms with E-state index in [0.29, 0.717) is 44.9 Å². The summed E-state index contributed by atoms with van der Waals surface area (Å²) in [7, 11) is 0. The summed E-state index contributed by atoms with van der Waals surface area (Å²) < 4.78 is 11.5. The molecule has 5 nitrogen and oxygen atoms in total. The first-order chi connectivity index (χ1) is 15.5. The zero-order valence-corrected chi connectivity index (χ0v) is 18.2. The van der Waals surface area contributed by atoms with E-state index in [1.54, 1.807) is 42.5 Å². The summed E-state index contributed by atoms with van der Waals surface area (Å²) in [5.41, 5.74) is 3.74. The first kappa shape index (κ1) is 20.4. The molecule has 1 amide bonds. The number of benzene rings is 3. The molecule has 0 aliphatic rings. The average molecular weight is 463 g/mol. The quantitative estimate of drug-likeness (QED) is 0.298. The van der Waals surface area contributed by atoms with Crippen LogP contribution >= 0.6 is 23.2 Å². The van der Waals surface area contributed by atoms with E-state index in [-0.39, 0.29) is 11.7 Å². The lowest BCUT2D eigenvalue weighted by atomic mass is 10.1. The molecule has 5 aromatic rings. The van der Waals surface area contributed by atoms with Crippen molar-refractivity contribution in [2.75, 3.05) is 5.32 Å². The van der Waals surface area contributed by atoms with Crippen molar-refractivity contribution in [3.05, 3.63) is 106 Å². The number of nitrogens with one attached hydrogen (secondary N) is 1. The topological polar surface area (TPSA) is 68.3 Å². The van der Waals surface area contributed by atoms with Crippen molar-refractivity contribution in [2.24, 2.45) is 0 Å². The third-order valence-electron chi connectivity index (χ3n) is 4.90. The first-order valence-electron chi connectivity index (χ1n) is 9.84. The zero-order valence-electron chi connectivity index (χ0n) is 16.6. The molecule has 0 unspecified atom stereocenters. The van der Waals surface area contributed by atoms with Gasteiger partial charge in [-0.25, -0.2) is 4.98 Å². The van der Waals surface area contributed by atoms with Gasteiger partial charge in [-0.05, 0) is 60.2 Å². The summed E-state index contributed by atoms with van der Waals surface area (Å²) >= 11 is 12.0. The van der Waals surface area contributed by atoms with Gasteiger partial charge in [-0.1, -0.05) is 47.5 Å². The highest BCUT2D eigenvalue weighted by Crippen LogP contribution is 2.26. The van der Waals surface area contributed by atoms with E-state index in [1.807, 2.05) is 36.4 Å². The van der Waals surface area contributed by atoms with Crippen LogP contribution in [0.4, 0.5) is 5.69 Å². The van der Waals surface area contributed by atoms with Crippen LogP contribution < -0.4 is 5.32 Å². The summed E-state index contributed by atoms with van der Waals surface area (Å²) in [5.74, 6) is 0.991. The number of hydrogen-bond donors (Lipinski definition) is 1. The van der Waals surface area contributed by atoms with Crippen LogP contribution in [-0.4, -0.2) is 10.9 Å². The van der Waals surface area contributed by atoms with Gasteiger partial charge in [0.2, 0.25) is 0 Å². The third-order valence-corrected chi connectivity index (χ3v) is 5.38. The first-order valence-corrected chi connectivity index (χ1v) is 10.6. The fraction of sp³-hybridized carbons (Fsp3) is 0.0400. The minimum atomic E-state index is -0.359. The van der Waals surface area contributed by atoms with Gasteiger partial charge in [-0.15, -0.1) is 0 Å². The number of rotatable bonds is 5. The maximum atomic E-state index is 12.7. The maximum absolute atomic E-state index is 12.7. The number of furan rings is 1. The predicted octanol–water partition coefficient (Wildman–Crippen LogP) is 7.24. The van der Waals surface area contributed by atoms with Crippen molar-refractivity contribution in [1.29, 1.82) is 0 Å². The molecule has 0 aliphatic carbocycles. The molecule has 0 radical (unpaired) electrons. The second-order valence-corrected chi connectivity index (χ2v) is 8.09. The van der Waals surface area contributed by atoms with Gasteiger partial charge in [0.05, 0.1) is 0 Å². The second kappa shape index (κ2) is 8.54. The van der Waals surface area contributed by atoms with Gasteiger partial charge in [0, 0.05) is 27.7 Å². The molecule has 0 atom stereocenters. The summed E-state index contributed by atoms with van der Waals surface area (Å²) in [6, 6.07) is 23.5. The molecule has 2 heterocycles. The molecule has 7 heteroatoms. The lowest BCUT2D eigenvalue weighted by Gasteiger charge is -2.03. The van der Waals surface area contributed by atoms with Crippen molar-refractivity contribution < 1.29 is 13.6 Å². The molecule has 32 heavy (non-hydrogen) atoms. The fourth-order valence-corrected chi connectivity index (χ4v) is 3.67. The van der Waals surface area contributed by atoms with Gasteiger partial charge in [-0.3, -0.25) is 4.79 Å². The van der Waals surface area contributed by atoms with Crippen LogP contribution in [0.5, 0.6) is 0 Å². The molecule has 0 spiro atoms. The summed E-state index contributed by atoms with van der Waals surface area (Å²) in [5, 5.41) is 4.12. The number of hydrogen-bond acceptors (Lipinski definition) is 4. The van der Waals surface area contributed by atoms with E-state index >= 15 is 0 Å². The number of carbonyl (C=O) groups is 1. The number of halogens is 2. The van der Waals surface area contributed by atoms with Crippen LogP contribution in [0.1, 0.15) is 22.0 Å². The van der Waals surface area contributed by atoms with Crippen molar-refractivity contribution in [1.82, 2.24) is 4.98 Å². The van der Waals surface area contributed by atoms with Gasteiger partial charge >= 0.3 is 0 Å². The van der Waals surface area contributed by atoms with Crippen LogP contribution in [-0.2, 0) is 6.42 Å². The van der Waals surface area contributed by atoms with E-state index in [1.165, 1.54) is 0 Å². The molecule has 2 aromatic heterocycles. The van der Waals surface area contributed by atoms with Crippen LogP contribution in [0.2, 0.25) is 10.0 Å². The molecule has 1 N–H and O–H groups in total. The Bertz CT molecular complexity index is 1420. The van der Waals surface area contributed by atoms with Gasteiger partial charge in [0.1, 0.15) is 11.3 Å². The molecular weight excluding hydrogens is 447 g/mol. The van der Waals surface area contributed by atoms with E-state index < -0.39 is 0 Å². The Morgan fingerprint density at radius 1 is 0.875 bits per heavy atom. The monoisotopic (exact) mass is 462 g/mol. The predicted molar refractivity (Wildman–Crippen MR) is 125 cm³/mol. The van der Waals surface area contributed by atoms with E-state index in [0.717, 1.165) is 11.1 Å². The van der Waals surface area contributed by atoms with Crippen molar-refractivity contribution in [3.8, 4) is 11.3 Å². The highest BCUT2D eigenvalue weighted by Gasteiger charge is 2.14. The molecule has 0 saturated carbocycles. The average Bonchev–Trinajstić information content (AvgIpc) is 3.42. The summed E-state index contributed by atoms with van der Waals surface area (Å²) in [6.07, 6.45) is 0.548. The van der Waals surface area contributed by atoms with Crippen LogP contribution in [0.15, 0.2) is 87.7 Å². The SMILES string of the molecule is O=C(Nc1ccc2oc(Cc3ccc(Cl)cc3)nc2c1)c1ccc(-c2cccc(Cl)c2)o1. The minimum absolute atomic E-state index is 0.198. The normalized spacial score (nSPS) is 11.1. The lowest BCUT2D eigenvalue weighted by molar-refractivity contribution is 0.0997. The smallest absolute Gasteiger partial charge is 0.291 e. The Labute approximate surface area is 193 Å². The zero-order chi connectivity index (χ0) is 22.1. The van der Waals surface area contributed by atoms with E-state index in [4.69, 9.17) is 32.0 Å². The van der Waals surface area contributed by atoms with Gasteiger partial charge in [-0.2, -0.15) is 0 Å². The molecule has 0 saturated heterocycles. The van der Waals surface area contributed by atoms with Crippen LogP contribution in [0, 0.1) is 0 Å². The van der Waals surface area contributed by atoms with E-state index in [9.17, 15) is 4.79 Å². The number of anilines is 1. The van der Waals surface area contributed by atoms with Crippen molar-refractivity contribution in [3.63, 3.8) is 0 Å². The van der Waals surface area contributed by atoms with E-state index in [2.05, 4.69) is 10.3 Å². The minimum Gasteiger partial charge on any atom is -0.451 e. The molecule has 0 aliphatic heterocycles. The highest BCUT2D eigenvalue weighted by molar-refractivity contribution is 6.31. The highest BCUT2D eigenvalue weighted by atomic mass is 35.5. The number of nitrogens with zero attached hydrogens (tertiary/aromatic N) is 1. The molecule has 5 rings (SSSR count). The van der Waals surface area contributed by atoms with Crippen molar-refractivity contribution in [2.45, 2.75) is 6.42 Å². The molecule has 0 fully saturated rings. The number of oxazole rings is 1. The number of aromatic nitrogens is 1. The Morgan fingerprint density at radius 2 is 1.72 bits per heavy atom. The Hall–Kier alpha value is -3.54. The third kappa shape index (κ3) is 4.40. The number of amides is 1. The molecule has 0 bridgehead atoms. The molecule has 3 aromatic carbocycles. The molecular formula is C25H16Cl2N2O3. The van der Waals surface area contributed by atoms with Gasteiger partial charge < -0.3 is 14.2 Å².